The number of nitrogens with two attached hydrogens (primary N) is 1. The second-order valence-electron chi connectivity index (χ2n) is 5.56. The number of ether oxygens (including phenoxy) is 1. The van der Waals surface area contributed by atoms with Crippen LogP contribution in [-0.4, -0.2) is 17.1 Å². The van der Waals surface area contributed by atoms with Gasteiger partial charge in [-0.1, -0.05) is 44.7 Å². The van der Waals surface area contributed by atoms with Crippen molar-refractivity contribution < 1.29 is 4.74 Å². The van der Waals surface area contributed by atoms with Crippen molar-refractivity contribution in [3.63, 3.8) is 0 Å². The van der Waals surface area contributed by atoms with Crippen molar-refractivity contribution in [3.8, 4) is 5.75 Å². The van der Waals surface area contributed by atoms with Gasteiger partial charge in [-0.3, -0.25) is 0 Å². The summed E-state index contributed by atoms with van der Waals surface area (Å²) in [5.74, 6) is 7.68. The molecule has 2 aromatic rings. The third-order valence-electron chi connectivity index (χ3n) is 2.80. The minimum Gasteiger partial charge on any atom is -0.496 e. The Labute approximate surface area is 129 Å². The second-order valence-corrected chi connectivity index (χ2v) is 6.62. The number of rotatable bonds is 4. The smallest absolute Gasteiger partial charge is 0.144 e. The Morgan fingerprint density at radius 3 is 2.52 bits per heavy atom. The van der Waals surface area contributed by atoms with E-state index in [1.54, 1.807) is 7.11 Å². The number of anilines is 1. The molecule has 112 valence electrons. The molecule has 0 amide bonds. The average molecular weight is 304 g/mol. The molecule has 0 aliphatic rings. The molecular formula is C15H20N4OS. The molecule has 0 saturated heterocycles. The van der Waals surface area contributed by atoms with E-state index in [1.165, 1.54) is 11.8 Å². The lowest BCUT2D eigenvalue weighted by atomic mass is 9.96. The molecule has 0 fully saturated rings. The maximum absolute atomic E-state index is 5.51. The Balaban J connectivity index is 2.39. The van der Waals surface area contributed by atoms with Crippen LogP contribution in [0.3, 0.4) is 0 Å². The Kier molecular flexibility index (Phi) is 4.69. The lowest BCUT2D eigenvalue weighted by molar-refractivity contribution is 0.405. The number of benzene rings is 1. The molecule has 21 heavy (non-hydrogen) atoms. The summed E-state index contributed by atoms with van der Waals surface area (Å²) in [5.41, 5.74) is 2.45. The van der Waals surface area contributed by atoms with Gasteiger partial charge in [-0.2, -0.15) is 0 Å². The molecule has 0 aliphatic carbocycles. The largest absolute Gasteiger partial charge is 0.496 e. The fourth-order valence-corrected chi connectivity index (χ4v) is 2.63. The molecule has 0 aliphatic heterocycles. The minimum absolute atomic E-state index is 0.150. The second kappa shape index (κ2) is 6.32. The van der Waals surface area contributed by atoms with Crippen molar-refractivity contribution in [1.82, 2.24) is 9.97 Å². The molecule has 0 unspecified atom stereocenters. The standard InChI is InChI=1S/C15H20N4OS/c1-15(2,3)14-17-12(19-16)9-13(18-14)21-11-8-6-5-7-10(11)20-4/h5-9H,16H2,1-4H3,(H,17,18,19). The molecule has 2 rings (SSSR count). The van der Waals surface area contributed by atoms with Gasteiger partial charge in [0.2, 0.25) is 0 Å². The first kappa shape index (κ1) is 15.6. The van der Waals surface area contributed by atoms with Gasteiger partial charge in [0.05, 0.1) is 12.0 Å². The van der Waals surface area contributed by atoms with Crippen molar-refractivity contribution in [2.24, 2.45) is 5.84 Å². The van der Waals surface area contributed by atoms with Gasteiger partial charge < -0.3 is 10.2 Å². The summed E-state index contributed by atoms with van der Waals surface area (Å²) in [6.07, 6.45) is 0. The van der Waals surface area contributed by atoms with E-state index in [0.717, 1.165) is 21.5 Å². The molecule has 0 bridgehead atoms. The van der Waals surface area contributed by atoms with Gasteiger partial charge in [0.1, 0.15) is 22.4 Å². The Morgan fingerprint density at radius 2 is 1.90 bits per heavy atom. The van der Waals surface area contributed by atoms with Gasteiger partial charge in [-0.05, 0) is 12.1 Å². The monoisotopic (exact) mass is 304 g/mol. The lowest BCUT2D eigenvalue weighted by Crippen LogP contribution is -2.19. The molecule has 0 saturated carbocycles. The minimum atomic E-state index is -0.150. The summed E-state index contributed by atoms with van der Waals surface area (Å²) >= 11 is 1.53. The summed E-state index contributed by atoms with van der Waals surface area (Å²) in [4.78, 5) is 10.0. The maximum atomic E-state index is 5.51. The summed E-state index contributed by atoms with van der Waals surface area (Å²) in [7, 11) is 1.66. The SMILES string of the molecule is COc1ccccc1Sc1cc(NN)nc(C(C)(C)C)n1. The zero-order valence-corrected chi connectivity index (χ0v) is 13.5. The first-order chi connectivity index (χ1) is 9.94. The number of hydrogen-bond donors (Lipinski definition) is 2. The van der Waals surface area contributed by atoms with Gasteiger partial charge in [-0.15, -0.1) is 0 Å². The number of para-hydroxylation sites is 1. The normalized spacial score (nSPS) is 11.3. The number of methoxy groups -OCH3 is 1. The lowest BCUT2D eigenvalue weighted by Gasteiger charge is -2.18. The topological polar surface area (TPSA) is 73.1 Å². The highest BCUT2D eigenvalue weighted by Gasteiger charge is 2.19. The number of aromatic nitrogens is 2. The Hall–Kier alpha value is -1.79. The zero-order chi connectivity index (χ0) is 15.5. The summed E-state index contributed by atoms with van der Waals surface area (Å²) in [5, 5.41) is 0.826. The van der Waals surface area contributed by atoms with Crippen LogP contribution < -0.4 is 16.0 Å². The molecular weight excluding hydrogens is 284 g/mol. The molecule has 6 heteroatoms. The predicted octanol–water partition coefficient (Wildman–Crippen LogP) is 3.22. The fourth-order valence-electron chi connectivity index (χ4n) is 1.70. The van der Waals surface area contributed by atoms with Gasteiger partial charge >= 0.3 is 0 Å². The molecule has 5 nitrogen and oxygen atoms in total. The van der Waals surface area contributed by atoms with Crippen molar-refractivity contribution in [2.75, 3.05) is 12.5 Å². The highest BCUT2D eigenvalue weighted by atomic mass is 32.2. The third kappa shape index (κ3) is 3.86. The fraction of sp³-hybridized carbons (Fsp3) is 0.333. The number of hydrogen-bond acceptors (Lipinski definition) is 6. The van der Waals surface area contributed by atoms with Gasteiger partial charge in [0, 0.05) is 11.5 Å². The Morgan fingerprint density at radius 1 is 1.19 bits per heavy atom. The number of nitrogens with zero attached hydrogens (tertiary/aromatic N) is 2. The van der Waals surface area contributed by atoms with E-state index in [4.69, 9.17) is 10.6 Å². The first-order valence-electron chi connectivity index (χ1n) is 6.61. The van der Waals surface area contributed by atoms with Crippen molar-refractivity contribution in [2.45, 2.75) is 36.1 Å². The number of nitrogen functional groups attached to an aromatic ring is 1. The van der Waals surface area contributed by atoms with Crippen molar-refractivity contribution in [3.05, 3.63) is 36.2 Å². The summed E-state index contributed by atoms with van der Waals surface area (Å²) in [6, 6.07) is 9.66. The first-order valence-corrected chi connectivity index (χ1v) is 7.42. The molecule has 0 radical (unpaired) electrons. The van der Waals surface area contributed by atoms with Crippen LogP contribution in [0.2, 0.25) is 0 Å². The van der Waals surface area contributed by atoms with E-state index in [2.05, 4.69) is 36.2 Å². The molecule has 3 N–H and O–H groups in total. The quantitative estimate of drug-likeness (QED) is 0.513. The van der Waals surface area contributed by atoms with E-state index in [1.807, 2.05) is 30.3 Å². The van der Waals surface area contributed by atoms with Crippen LogP contribution in [0.15, 0.2) is 40.3 Å². The van der Waals surface area contributed by atoms with E-state index in [-0.39, 0.29) is 5.41 Å². The van der Waals surface area contributed by atoms with E-state index < -0.39 is 0 Å². The molecule has 1 aromatic heterocycles. The van der Waals surface area contributed by atoms with E-state index in [0.29, 0.717) is 5.82 Å². The molecule has 1 heterocycles. The Bertz CT molecular complexity index is 625. The van der Waals surface area contributed by atoms with Crippen molar-refractivity contribution >= 4 is 17.6 Å². The van der Waals surface area contributed by atoms with Crippen LogP contribution in [0, 0.1) is 0 Å². The van der Waals surface area contributed by atoms with Gasteiger partial charge in [0.25, 0.3) is 0 Å². The predicted molar refractivity (Wildman–Crippen MR) is 85.7 cm³/mol. The average Bonchev–Trinajstić information content (AvgIpc) is 2.46. The van der Waals surface area contributed by atoms with E-state index in [9.17, 15) is 0 Å². The van der Waals surface area contributed by atoms with E-state index >= 15 is 0 Å². The molecule has 1 aromatic carbocycles. The maximum Gasteiger partial charge on any atom is 0.144 e. The van der Waals surface area contributed by atoms with Crippen LogP contribution in [0.5, 0.6) is 5.75 Å². The van der Waals surface area contributed by atoms with Crippen LogP contribution in [0.4, 0.5) is 5.82 Å². The van der Waals surface area contributed by atoms with Crippen LogP contribution in [0.1, 0.15) is 26.6 Å². The van der Waals surface area contributed by atoms with Gasteiger partial charge in [0.15, 0.2) is 0 Å². The number of nitrogens with one attached hydrogen (secondary N) is 1. The summed E-state index contributed by atoms with van der Waals surface area (Å²) < 4.78 is 5.37. The summed E-state index contributed by atoms with van der Waals surface area (Å²) in [6.45, 7) is 6.21. The number of hydrazine groups is 1. The highest BCUT2D eigenvalue weighted by molar-refractivity contribution is 7.99. The molecule has 0 spiro atoms. The van der Waals surface area contributed by atoms with Gasteiger partial charge in [-0.25, -0.2) is 15.8 Å². The molecule has 0 atom stereocenters. The van der Waals surface area contributed by atoms with Crippen LogP contribution in [0.25, 0.3) is 0 Å². The zero-order valence-electron chi connectivity index (χ0n) is 12.7. The van der Waals surface area contributed by atoms with Crippen LogP contribution in [-0.2, 0) is 5.41 Å². The van der Waals surface area contributed by atoms with Crippen molar-refractivity contribution in [1.29, 1.82) is 0 Å². The van der Waals surface area contributed by atoms with Crippen LogP contribution >= 0.6 is 11.8 Å². The third-order valence-corrected chi connectivity index (χ3v) is 3.78. The highest BCUT2D eigenvalue weighted by Crippen LogP contribution is 2.35.